The highest BCUT2D eigenvalue weighted by Crippen LogP contribution is 2.18. The summed E-state index contributed by atoms with van der Waals surface area (Å²) >= 11 is 0. The van der Waals surface area contributed by atoms with Gasteiger partial charge in [-0.05, 0) is 26.0 Å². The van der Waals surface area contributed by atoms with Crippen molar-refractivity contribution in [3.63, 3.8) is 0 Å². The van der Waals surface area contributed by atoms with Crippen LogP contribution in [0.4, 0.5) is 5.69 Å². The Hall–Kier alpha value is -1.55. The number of rotatable bonds is 5. The summed E-state index contributed by atoms with van der Waals surface area (Å²) < 4.78 is 4.99. The molecule has 1 aromatic carbocycles. The summed E-state index contributed by atoms with van der Waals surface area (Å²) in [5.41, 5.74) is 1.85. The Labute approximate surface area is 95.2 Å². The van der Waals surface area contributed by atoms with E-state index in [2.05, 4.69) is 5.32 Å². The number of anilines is 1. The molecule has 0 aliphatic rings. The Balaban J connectivity index is 2.90. The summed E-state index contributed by atoms with van der Waals surface area (Å²) in [6.45, 7) is 4.34. The smallest absolute Gasteiger partial charge is 0.337 e. The molecule has 4 nitrogen and oxygen atoms in total. The minimum Gasteiger partial charge on any atom is -0.478 e. The second kappa shape index (κ2) is 5.51. The van der Waals surface area contributed by atoms with E-state index in [1.807, 2.05) is 19.9 Å². The first kappa shape index (κ1) is 12.5. The maximum atomic E-state index is 11.0. The Morgan fingerprint density at radius 1 is 1.56 bits per heavy atom. The molecule has 88 valence electrons. The molecule has 16 heavy (non-hydrogen) atoms. The van der Waals surface area contributed by atoms with E-state index < -0.39 is 5.97 Å². The second-order valence-electron chi connectivity index (χ2n) is 3.85. The molecule has 1 unspecified atom stereocenters. The van der Waals surface area contributed by atoms with Gasteiger partial charge in [-0.2, -0.15) is 0 Å². The maximum Gasteiger partial charge on any atom is 0.337 e. The molecule has 0 amide bonds. The number of hydrogen-bond donors (Lipinski definition) is 2. The van der Waals surface area contributed by atoms with Crippen LogP contribution in [0, 0.1) is 6.92 Å². The van der Waals surface area contributed by atoms with Crippen LogP contribution in [-0.2, 0) is 4.74 Å². The molecule has 0 heterocycles. The zero-order valence-electron chi connectivity index (χ0n) is 9.78. The van der Waals surface area contributed by atoms with Crippen LogP contribution in [0.2, 0.25) is 0 Å². The lowest BCUT2D eigenvalue weighted by Gasteiger charge is -2.16. The normalized spacial score (nSPS) is 12.2. The molecule has 1 aromatic rings. The van der Waals surface area contributed by atoms with E-state index in [9.17, 15) is 4.79 Å². The SMILES string of the molecule is COCC(C)Nc1ccc(C)cc1C(=O)O. The monoisotopic (exact) mass is 223 g/mol. The molecule has 0 aromatic heterocycles. The molecule has 0 saturated heterocycles. The number of carboxylic acid groups (broad SMARTS) is 1. The first-order chi connectivity index (χ1) is 7.54. The van der Waals surface area contributed by atoms with Crippen LogP contribution in [0.1, 0.15) is 22.8 Å². The molecule has 1 atom stereocenters. The van der Waals surface area contributed by atoms with Gasteiger partial charge in [0, 0.05) is 18.8 Å². The molecule has 4 heteroatoms. The Morgan fingerprint density at radius 3 is 2.81 bits per heavy atom. The fraction of sp³-hybridized carbons (Fsp3) is 0.417. The first-order valence-corrected chi connectivity index (χ1v) is 5.14. The molecular weight excluding hydrogens is 206 g/mol. The zero-order chi connectivity index (χ0) is 12.1. The van der Waals surface area contributed by atoms with E-state index in [-0.39, 0.29) is 6.04 Å². The van der Waals surface area contributed by atoms with Crippen LogP contribution in [0.5, 0.6) is 0 Å². The summed E-state index contributed by atoms with van der Waals surface area (Å²) in [5, 5.41) is 12.2. The summed E-state index contributed by atoms with van der Waals surface area (Å²) in [6.07, 6.45) is 0. The summed E-state index contributed by atoms with van der Waals surface area (Å²) in [6, 6.07) is 5.40. The third kappa shape index (κ3) is 3.24. The van der Waals surface area contributed by atoms with Crippen molar-refractivity contribution in [3.05, 3.63) is 29.3 Å². The number of methoxy groups -OCH3 is 1. The Morgan fingerprint density at radius 2 is 2.25 bits per heavy atom. The van der Waals surface area contributed by atoms with Crippen molar-refractivity contribution in [2.75, 3.05) is 19.0 Å². The van der Waals surface area contributed by atoms with Gasteiger partial charge in [-0.15, -0.1) is 0 Å². The predicted molar refractivity (Wildman–Crippen MR) is 63.1 cm³/mol. The lowest BCUT2D eigenvalue weighted by Crippen LogP contribution is -2.22. The minimum absolute atomic E-state index is 0.0748. The van der Waals surface area contributed by atoms with Gasteiger partial charge in [-0.25, -0.2) is 4.79 Å². The molecule has 1 rings (SSSR count). The first-order valence-electron chi connectivity index (χ1n) is 5.14. The van der Waals surface area contributed by atoms with Crippen molar-refractivity contribution in [1.82, 2.24) is 0 Å². The number of carboxylic acids is 1. The quantitative estimate of drug-likeness (QED) is 0.803. The maximum absolute atomic E-state index is 11.0. The van der Waals surface area contributed by atoms with Crippen LogP contribution in [0.15, 0.2) is 18.2 Å². The average molecular weight is 223 g/mol. The summed E-state index contributed by atoms with van der Waals surface area (Å²) in [7, 11) is 1.62. The number of nitrogens with one attached hydrogen (secondary N) is 1. The van der Waals surface area contributed by atoms with Gasteiger partial charge in [0.1, 0.15) is 0 Å². The second-order valence-corrected chi connectivity index (χ2v) is 3.85. The van der Waals surface area contributed by atoms with Crippen molar-refractivity contribution in [2.45, 2.75) is 19.9 Å². The van der Waals surface area contributed by atoms with Crippen molar-refractivity contribution in [2.24, 2.45) is 0 Å². The van der Waals surface area contributed by atoms with Gasteiger partial charge in [0.2, 0.25) is 0 Å². The number of aromatic carboxylic acids is 1. The van der Waals surface area contributed by atoms with Gasteiger partial charge >= 0.3 is 5.97 Å². The number of hydrogen-bond acceptors (Lipinski definition) is 3. The molecule has 0 aliphatic carbocycles. The highest BCUT2D eigenvalue weighted by molar-refractivity contribution is 5.94. The fourth-order valence-corrected chi connectivity index (χ4v) is 1.52. The highest BCUT2D eigenvalue weighted by atomic mass is 16.5. The van der Waals surface area contributed by atoms with Crippen LogP contribution in [0.25, 0.3) is 0 Å². The number of benzene rings is 1. The van der Waals surface area contributed by atoms with Gasteiger partial charge < -0.3 is 15.2 Å². The topological polar surface area (TPSA) is 58.6 Å². The lowest BCUT2D eigenvalue weighted by atomic mass is 10.1. The van der Waals surface area contributed by atoms with Crippen molar-refractivity contribution >= 4 is 11.7 Å². The van der Waals surface area contributed by atoms with E-state index in [0.29, 0.717) is 17.9 Å². The molecular formula is C12H17NO3. The van der Waals surface area contributed by atoms with Gasteiger partial charge in [0.15, 0.2) is 0 Å². The molecule has 2 N–H and O–H groups in total. The highest BCUT2D eigenvalue weighted by Gasteiger charge is 2.11. The van der Waals surface area contributed by atoms with Crippen LogP contribution < -0.4 is 5.32 Å². The van der Waals surface area contributed by atoms with E-state index in [4.69, 9.17) is 9.84 Å². The lowest BCUT2D eigenvalue weighted by molar-refractivity contribution is 0.0697. The van der Waals surface area contributed by atoms with Crippen LogP contribution in [0.3, 0.4) is 0 Å². The van der Waals surface area contributed by atoms with Crippen molar-refractivity contribution < 1.29 is 14.6 Å². The van der Waals surface area contributed by atoms with Crippen LogP contribution >= 0.6 is 0 Å². The predicted octanol–water partition coefficient (Wildman–Crippen LogP) is 2.14. The van der Waals surface area contributed by atoms with Crippen molar-refractivity contribution in [1.29, 1.82) is 0 Å². The van der Waals surface area contributed by atoms with E-state index in [0.717, 1.165) is 5.56 Å². The number of ether oxygens (including phenoxy) is 1. The molecule has 0 spiro atoms. The summed E-state index contributed by atoms with van der Waals surface area (Å²) in [4.78, 5) is 11.0. The molecule has 0 bridgehead atoms. The van der Waals surface area contributed by atoms with E-state index >= 15 is 0 Å². The standard InChI is InChI=1S/C12H17NO3/c1-8-4-5-11(10(6-8)12(14)15)13-9(2)7-16-3/h4-6,9,13H,7H2,1-3H3,(H,14,15). The average Bonchev–Trinajstić information content (AvgIpc) is 2.20. The largest absolute Gasteiger partial charge is 0.478 e. The molecule has 0 fully saturated rings. The number of aryl methyl sites for hydroxylation is 1. The van der Waals surface area contributed by atoms with E-state index in [1.54, 1.807) is 19.2 Å². The van der Waals surface area contributed by atoms with Gasteiger partial charge in [-0.3, -0.25) is 0 Å². The third-order valence-electron chi connectivity index (χ3n) is 2.22. The van der Waals surface area contributed by atoms with Crippen molar-refractivity contribution in [3.8, 4) is 0 Å². The van der Waals surface area contributed by atoms with Crippen LogP contribution in [-0.4, -0.2) is 30.8 Å². The minimum atomic E-state index is -0.921. The fourth-order valence-electron chi connectivity index (χ4n) is 1.52. The van der Waals surface area contributed by atoms with Gasteiger partial charge in [-0.1, -0.05) is 11.6 Å². The van der Waals surface area contributed by atoms with Gasteiger partial charge in [0.05, 0.1) is 12.2 Å². The van der Waals surface area contributed by atoms with E-state index in [1.165, 1.54) is 0 Å². The third-order valence-corrected chi connectivity index (χ3v) is 2.22. The Kier molecular flexibility index (Phi) is 4.31. The molecule has 0 aliphatic heterocycles. The number of carbonyl (C=O) groups is 1. The molecule has 0 saturated carbocycles. The Bertz CT molecular complexity index is 377. The summed E-state index contributed by atoms with van der Waals surface area (Å²) in [5.74, 6) is -0.921. The van der Waals surface area contributed by atoms with Gasteiger partial charge in [0.25, 0.3) is 0 Å². The molecule has 0 radical (unpaired) electrons. The zero-order valence-corrected chi connectivity index (χ0v) is 9.78.